The zero-order valence-electron chi connectivity index (χ0n) is 11.9. The van der Waals surface area contributed by atoms with Gasteiger partial charge in [0.2, 0.25) is 0 Å². The van der Waals surface area contributed by atoms with Crippen molar-refractivity contribution in [1.29, 1.82) is 0 Å². The van der Waals surface area contributed by atoms with Crippen LogP contribution in [-0.4, -0.2) is 23.6 Å². The van der Waals surface area contributed by atoms with Crippen LogP contribution < -0.4 is 5.32 Å². The second-order valence-electron chi connectivity index (χ2n) is 4.72. The fourth-order valence-electron chi connectivity index (χ4n) is 1.85. The molecule has 2 unspecified atom stereocenters. The molecule has 19 heavy (non-hydrogen) atoms. The Hall–Kier alpha value is 0.110. The quantitative estimate of drug-likeness (QED) is 0.720. The Morgan fingerprint density at radius 3 is 2.63 bits per heavy atom. The fraction of sp³-hybridized carbons (Fsp3) is 0.600. The summed E-state index contributed by atoms with van der Waals surface area (Å²) in [5, 5.41) is 5.58. The smallest absolute Gasteiger partial charge is 0.0624 e. The maximum atomic E-state index is 6.26. The highest BCUT2D eigenvalue weighted by molar-refractivity contribution is 7.99. The Kier molecular flexibility index (Phi) is 8.24. The Morgan fingerprint density at radius 1 is 1.26 bits per heavy atom. The van der Waals surface area contributed by atoms with Crippen LogP contribution >= 0.6 is 35.0 Å². The molecule has 108 valence electrons. The first-order valence-corrected chi connectivity index (χ1v) is 8.66. The minimum absolute atomic E-state index is 0.444. The molecule has 0 aromatic heterocycles. The van der Waals surface area contributed by atoms with Crippen molar-refractivity contribution in [3.63, 3.8) is 0 Å². The van der Waals surface area contributed by atoms with E-state index in [0.717, 1.165) is 24.3 Å². The van der Waals surface area contributed by atoms with E-state index in [0.29, 0.717) is 21.3 Å². The molecule has 0 aliphatic rings. The van der Waals surface area contributed by atoms with Gasteiger partial charge < -0.3 is 5.32 Å². The Balaban J connectivity index is 2.64. The van der Waals surface area contributed by atoms with E-state index in [1.165, 1.54) is 6.42 Å². The van der Waals surface area contributed by atoms with Gasteiger partial charge >= 0.3 is 0 Å². The average Bonchev–Trinajstić information content (AvgIpc) is 2.41. The maximum Gasteiger partial charge on any atom is 0.0624 e. The van der Waals surface area contributed by atoms with Crippen molar-refractivity contribution in [3.05, 3.63) is 33.8 Å². The number of halogens is 2. The molecule has 1 aromatic rings. The maximum absolute atomic E-state index is 6.26. The van der Waals surface area contributed by atoms with Crippen LogP contribution in [0.25, 0.3) is 0 Å². The van der Waals surface area contributed by atoms with Crippen LogP contribution in [0.4, 0.5) is 0 Å². The van der Waals surface area contributed by atoms with Crippen LogP contribution in [0.15, 0.2) is 18.2 Å². The zero-order valence-corrected chi connectivity index (χ0v) is 14.2. The van der Waals surface area contributed by atoms with Gasteiger partial charge in [0.1, 0.15) is 0 Å². The first-order valence-electron chi connectivity index (χ1n) is 6.86. The molecule has 1 aromatic carbocycles. The number of likely N-dealkylation sites (N-methyl/N-ethyl adjacent to an activating group) is 1. The number of nitrogens with one attached hydrogen (secondary N) is 1. The highest BCUT2D eigenvalue weighted by Crippen LogP contribution is 2.27. The van der Waals surface area contributed by atoms with E-state index in [-0.39, 0.29) is 0 Å². The van der Waals surface area contributed by atoms with Crippen LogP contribution in [0, 0.1) is 0 Å². The van der Waals surface area contributed by atoms with Gasteiger partial charge in [-0.25, -0.2) is 0 Å². The lowest BCUT2D eigenvalue weighted by molar-refractivity contribution is 0.572. The lowest BCUT2D eigenvalue weighted by Gasteiger charge is -2.20. The standard InChI is InChI=1S/C15H23Cl2NS/c1-4-11(3)19-10-13(18-5-2)9-12-7-6-8-14(16)15(12)17/h6-8,11,13,18H,4-5,9-10H2,1-3H3. The number of thioether (sulfide) groups is 1. The molecule has 1 nitrogen and oxygen atoms in total. The van der Waals surface area contributed by atoms with Crippen LogP contribution in [0.3, 0.4) is 0 Å². The van der Waals surface area contributed by atoms with Crippen LogP contribution in [0.5, 0.6) is 0 Å². The third-order valence-electron chi connectivity index (χ3n) is 3.15. The molecule has 0 aliphatic carbocycles. The van der Waals surface area contributed by atoms with Crippen LogP contribution in [0.1, 0.15) is 32.8 Å². The Labute approximate surface area is 131 Å². The molecule has 0 amide bonds. The van der Waals surface area contributed by atoms with Crippen molar-refractivity contribution < 1.29 is 0 Å². The first kappa shape index (κ1) is 17.2. The predicted molar refractivity (Wildman–Crippen MR) is 89.8 cm³/mol. The Bertz CT molecular complexity index is 384. The highest BCUT2D eigenvalue weighted by atomic mass is 35.5. The second kappa shape index (κ2) is 9.12. The summed E-state index contributed by atoms with van der Waals surface area (Å²) in [6.45, 7) is 7.62. The molecule has 1 rings (SSSR count). The van der Waals surface area contributed by atoms with Crippen molar-refractivity contribution >= 4 is 35.0 Å². The summed E-state index contributed by atoms with van der Waals surface area (Å²) in [7, 11) is 0. The van der Waals surface area contributed by atoms with Crippen molar-refractivity contribution in [2.45, 2.75) is 44.9 Å². The first-order chi connectivity index (χ1) is 9.08. The molecular formula is C15H23Cl2NS. The van der Waals surface area contributed by atoms with Gasteiger partial charge in [0.15, 0.2) is 0 Å². The average molecular weight is 320 g/mol. The lowest BCUT2D eigenvalue weighted by Crippen LogP contribution is -2.33. The summed E-state index contributed by atoms with van der Waals surface area (Å²) in [5.41, 5.74) is 1.13. The van der Waals surface area contributed by atoms with Crippen LogP contribution in [-0.2, 0) is 6.42 Å². The molecule has 0 radical (unpaired) electrons. The third-order valence-corrected chi connectivity index (χ3v) is 5.50. The number of rotatable bonds is 8. The molecule has 0 saturated heterocycles. The minimum atomic E-state index is 0.444. The van der Waals surface area contributed by atoms with Gasteiger partial charge in [-0.2, -0.15) is 11.8 Å². The molecule has 0 fully saturated rings. The van der Waals surface area contributed by atoms with Gasteiger partial charge in [0.05, 0.1) is 10.0 Å². The molecule has 0 heterocycles. The monoisotopic (exact) mass is 319 g/mol. The molecule has 1 N–H and O–H groups in total. The largest absolute Gasteiger partial charge is 0.313 e. The summed E-state index contributed by atoms with van der Waals surface area (Å²) in [6.07, 6.45) is 2.14. The topological polar surface area (TPSA) is 12.0 Å². The number of hydrogen-bond donors (Lipinski definition) is 1. The van der Waals surface area contributed by atoms with E-state index in [1.54, 1.807) is 0 Å². The predicted octanol–water partition coefficient (Wildman–Crippen LogP) is 5.05. The van der Waals surface area contributed by atoms with E-state index < -0.39 is 0 Å². The van der Waals surface area contributed by atoms with E-state index in [4.69, 9.17) is 23.2 Å². The van der Waals surface area contributed by atoms with E-state index >= 15 is 0 Å². The molecule has 0 bridgehead atoms. The van der Waals surface area contributed by atoms with Gasteiger partial charge in [-0.1, -0.05) is 56.1 Å². The van der Waals surface area contributed by atoms with Crippen molar-refractivity contribution in [1.82, 2.24) is 5.32 Å². The van der Waals surface area contributed by atoms with E-state index in [9.17, 15) is 0 Å². The summed E-state index contributed by atoms with van der Waals surface area (Å²) in [6, 6.07) is 6.31. The zero-order chi connectivity index (χ0) is 14.3. The summed E-state index contributed by atoms with van der Waals surface area (Å²) < 4.78 is 0. The fourth-order valence-corrected chi connectivity index (χ4v) is 3.28. The van der Waals surface area contributed by atoms with Gasteiger partial charge in [-0.15, -0.1) is 0 Å². The van der Waals surface area contributed by atoms with Crippen molar-refractivity contribution in [2.75, 3.05) is 12.3 Å². The molecule has 2 atom stereocenters. The summed E-state index contributed by atoms with van der Waals surface area (Å²) in [4.78, 5) is 0. The summed E-state index contributed by atoms with van der Waals surface area (Å²) >= 11 is 14.3. The second-order valence-corrected chi connectivity index (χ2v) is 6.98. The SMILES string of the molecule is CCNC(CSC(C)CC)Cc1cccc(Cl)c1Cl. The van der Waals surface area contributed by atoms with E-state index in [2.05, 4.69) is 32.2 Å². The minimum Gasteiger partial charge on any atom is -0.313 e. The lowest BCUT2D eigenvalue weighted by atomic mass is 10.1. The number of benzene rings is 1. The van der Waals surface area contributed by atoms with Crippen molar-refractivity contribution in [3.8, 4) is 0 Å². The Morgan fingerprint density at radius 2 is 2.00 bits per heavy atom. The highest BCUT2D eigenvalue weighted by Gasteiger charge is 2.13. The molecule has 4 heteroatoms. The van der Waals surface area contributed by atoms with Gasteiger partial charge in [-0.3, -0.25) is 0 Å². The van der Waals surface area contributed by atoms with Crippen molar-refractivity contribution in [2.24, 2.45) is 0 Å². The van der Waals surface area contributed by atoms with E-state index in [1.807, 2.05) is 23.9 Å². The van der Waals surface area contributed by atoms with Gasteiger partial charge in [0, 0.05) is 17.0 Å². The summed E-state index contributed by atoms with van der Waals surface area (Å²) in [5.74, 6) is 1.10. The number of hydrogen-bond acceptors (Lipinski definition) is 2. The normalized spacial score (nSPS) is 14.4. The third kappa shape index (κ3) is 5.95. The van der Waals surface area contributed by atoms with Crippen LogP contribution in [0.2, 0.25) is 10.0 Å². The van der Waals surface area contributed by atoms with Gasteiger partial charge in [-0.05, 0) is 31.0 Å². The molecule has 0 saturated carbocycles. The van der Waals surface area contributed by atoms with Gasteiger partial charge in [0.25, 0.3) is 0 Å². The molecule has 0 spiro atoms. The molecular weight excluding hydrogens is 297 g/mol. The molecule has 0 aliphatic heterocycles.